The Morgan fingerprint density at radius 1 is 1.12 bits per heavy atom. The molecule has 1 atom stereocenters. The van der Waals surface area contributed by atoms with Crippen LogP contribution >= 0.6 is 22.6 Å². The molecule has 0 bridgehead atoms. The summed E-state index contributed by atoms with van der Waals surface area (Å²) in [5.74, 6) is 0.665. The van der Waals surface area contributed by atoms with Gasteiger partial charge in [0.25, 0.3) is 0 Å². The molecule has 0 radical (unpaired) electrons. The molecule has 26 heavy (non-hydrogen) atoms. The molecule has 1 aliphatic heterocycles. The minimum absolute atomic E-state index is 0.236. The lowest BCUT2D eigenvalue weighted by molar-refractivity contribution is 0.389. The SMILES string of the molecule is C=C(I)c1ccc(-c2cccc(CC(C)C)c2)cc1C1C=CC=CN1C. The Balaban J connectivity index is 2.05. The van der Waals surface area contributed by atoms with Crippen LogP contribution in [0.4, 0.5) is 0 Å². The molecule has 0 spiro atoms. The molecule has 2 aromatic rings. The summed E-state index contributed by atoms with van der Waals surface area (Å²) >= 11 is 2.33. The van der Waals surface area contributed by atoms with Crippen molar-refractivity contribution in [2.75, 3.05) is 7.05 Å². The fourth-order valence-corrected chi connectivity index (χ4v) is 3.98. The van der Waals surface area contributed by atoms with Gasteiger partial charge in [-0.2, -0.15) is 0 Å². The molecule has 0 saturated carbocycles. The highest BCUT2D eigenvalue weighted by atomic mass is 127. The van der Waals surface area contributed by atoms with E-state index in [1.807, 2.05) is 0 Å². The van der Waals surface area contributed by atoms with Crippen molar-refractivity contribution in [1.82, 2.24) is 4.90 Å². The Morgan fingerprint density at radius 2 is 1.88 bits per heavy atom. The fourth-order valence-electron chi connectivity index (χ4n) is 3.49. The van der Waals surface area contributed by atoms with Crippen molar-refractivity contribution in [2.24, 2.45) is 5.92 Å². The number of likely N-dealkylation sites (N-methyl/N-ethyl adjacent to an activating group) is 1. The molecule has 1 aliphatic rings. The van der Waals surface area contributed by atoms with Crippen LogP contribution in [0.5, 0.6) is 0 Å². The molecule has 0 aliphatic carbocycles. The van der Waals surface area contributed by atoms with Crippen molar-refractivity contribution < 1.29 is 0 Å². The third-order valence-electron chi connectivity index (χ3n) is 4.73. The lowest BCUT2D eigenvalue weighted by Gasteiger charge is -2.29. The van der Waals surface area contributed by atoms with E-state index in [0.29, 0.717) is 5.92 Å². The van der Waals surface area contributed by atoms with Crippen LogP contribution < -0.4 is 0 Å². The number of rotatable bonds is 5. The minimum Gasteiger partial charge on any atom is -0.370 e. The number of halogens is 1. The number of benzene rings is 2. The Hall–Kier alpha value is -1.81. The van der Waals surface area contributed by atoms with Gasteiger partial charge in [0.15, 0.2) is 0 Å². The van der Waals surface area contributed by atoms with E-state index < -0.39 is 0 Å². The van der Waals surface area contributed by atoms with Crippen molar-refractivity contribution >= 4 is 26.2 Å². The van der Waals surface area contributed by atoms with Crippen LogP contribution in [0.25, 0.3) is 14.7 Å². The molecule has 0 N–H and O–H groups in total. The van der Waals surface area contributed by atoms with Gasteiger partial charge in [0, 0.05) is 10.6 Å². The Kier molecular flexibility index (Phi) is 6.02. The van der Waals surface area contributed by atoms with Gasteiger partial charge in [-0.25, -0.2) is 0 Å². The van der Waals surface area contributed by atoms with Crippen molar-refractivity contribution in [3.05, 3.63) is 90.2 Å². The monoisotopic (exact) mass is 455 g/mol. The highest BCUT2D eigenvalue weighted by Gasteiger charge is 2.18. The van der Waals surface area contributed by atoms with Crippen LogP contribution in [0.15, 0.2) is 73.5 Å². The molecule has 0 amide bonds. The molecule has 1 unspecified atom stereocenters. The number of hydrogen-bond donors (Lipinski definition) is 0. The standard InChI is InChI=1S/C24H26IN/c1-17(2)14-19-8-7-9-20(15-19)21-11-12-22(18(3)25)23(16-21)24-10-5-6-13-26(24)4/h5-13,15-17,24H,3,14H2,1-2,4H3. The van der Waals surface area contributed by atoms with Crippen LogP contribution in [0.3, 0.4) is 0 Å². The molecule has 134 valence electrons. The summed E-state index contributed by atoms with van der Waals surface area (Å²) in [6.07, 6.45) is 9.69. The van der Waals surface area contributed by atoms with E-state index in [1.165, 1.54) is 27.8 Å². The van der Waals surface area contributed by atoms with Crippen LogP contribution in [0.1, 0.15) is 36.6 Å². The molecule has 0 aromatic heterocycles. The van der Waals surface area contributed by atoms with E-state index in [2.05, 4.69) is 122 Å². The van der Waals surface area contributed by atoms with Gasteiger partial charge >= 0.3 is 0 Å². The maximum Gasteiger partial charge on any atom is 0.0727 e. The number of allylic oxidation sites excluding steroid dienone is 2. The predicted molar refractivity (Wildman–Crippen MR) is 122 cm³/mol. The second-order valence-corrected chi connectivity index (χ2v) is 8.64. The molecule has 1 nitrogen and oxygen atoms in total. The van der Waals surface area contributed by atoms with Gasteiger partial charge in [-0.3, -0.25) is 0 Å². The minimum atomic E-state index is 0.236. The van der Waals surface area contributed by atoms with Crippen molar-refractivity contribution in [1.29, 1.82) is 0 Å². The third-order valence-corrected chi connectivity index (χ3v) is 5.31. The first-order valence-corrected chi connectivity index (χ1v) is 10.2. The number of hydrogen-bond acceptors (Lipinski definition) is 1. The van der Waals surface area contributed by atoms with Gasteiger partial charge in [0.05, 0.1) is 6.04 Å². The zero-order chi connectivity index (χ0) is 18.7. The number of nitrogens with zero attached hydrogens (tertiary/aromatic N) is 1. The van der Waals surface area contributed by atoms with Crippen molar-refractivity contribution in [3.8, 4) is 11.1 Å². The highest BCUT2D eigenvalue weighted by molar-refractivity contribution is 14.1. The molecule has 2 heteroatoms. The molecule has 0 fully saturated rings. The summed E-state index contributed by atoms with van der Waals surface area (Å²) in [5.41, 5.74) is 6.49. The zero-order valence-corrected chi connectivity index (χ0v) is 17.9. The molecular formula is C24H26IN. The maximum absolute atomic E-state index is 4.18. The lowest BCUT2D eigenvalue weighted by atomic mass is 9.92. The van der Waals surface area contributed by atoms with Gasteiger partial charge < -0.3 is 4.90 Å². The Bertz CT molecular complexity index is 860. The summed E-state index contributed by atoms with van der Waals surface area (Å²) in [6.45, 7) is 8.72. The zero-order valence-electron chi connectivity index (χ0n) is 15.7. The molecule has 2 aromatic carbocycles. The average Bonchev–Trinajstić information content (AvgIpc) is 2.61. The Morgan fingerprint density at radius 3 is 2.58 bits per heavy atom. The van der Waals surface area contributed by atoms with E-state index in [1.54, 1.807) is 0 Å². The highest BCUT2D eigenvalue weighted by Crippen LogP contribution is 2.36. The smallest absolute Gasteiger partial charge is 0.0727 e. The second kappa shape index (κ2) is 8.26. The Labute approximate surface area is 171 Å². The van der Waals surface area contributed by atoms with Crippen molar-refractivity contribution in [3.63, 3.8) is 0 Å². The summed E-state index contributed by atoms with van der Waals surface area (Å²) in [4.78, 5) is 2.25. The summed E-state index contributed by atoms with van der Waals surface area (Å²) < 4.78 is 1.08. The largest absolute Gasteiger partial charge is 0.370 e. The first-order valence-electron chi connectivity index (χ1n) is 9.10. The van der Waals surface area contributed by atoms with Gasteiger partial charge in [-0.05, 0) is 81.1 Å². The van der Waals surface area contributed by atoms with Crippen LogP contribution in [0, 0.1) is 5.92 Å². The molecule has 3 rings (SSSR count). The fraction of sp³-hybridized carbons (Fsp3) is 0.250. The maximum atomic E-state index is 4.18. The average molecular weight is 455 g/mol. The third kappa shape index (κ3) is 4.29. The first-order chi connectivity index (χ1) is 12.5. The predicted octanol–water partition coefficient (Wildman–Crippen LogP) is 7.01. The molecule has 0 saturated heterocycles. The van der Waals surface area contributed by atoms with E-state index in [-0.39, 0.29) is 6.04 Å². The molecule has 1 heterocycles. The lowest BCUT2D eigenvalue weighted by Crippen LogP contribution is -2.19. The van der Waals surface area contributed by atoms with Crippen LogP contribution in [0.2, 0.25) is 0 Å². The van der Waals surface area contributed by atoms with E-state index in [0.717, 1.165) is 10.0 Å². The van der Waals surface area contributed by atoms with Gasteiger partial charge in [-0.15, -0.1) is 0 Å². The van der Waals surface area contributed by atoms with E-state index in [4.69, 9.17) is 0 Å². The second-order valence-electron chi connectivity index (χ2n) is 7.34. The normalized spacial score (nSPS) is 16.3. The van der Waals surface area contributed by atoms with E-state index >= 15 is 0 Å². The van der Waals surface area contributed by atoms with Gasteiger partial charge in [0.2, 0.25) is 0 Å². The van der Waals surface area contributed by atoms with E-state index in [9.17, 15) is 0 Å². The topological polar surface area (TPSA) is 3.24 Å². The van der Waals surface area contributed by atoms with Gasteiger partial charge in [-0.1, -0.05) is 69.0 Å². The van der Waals surface area contributed by atoms with Crippen molar-refractivity contribution in [2.45, 2.75) is 26.3 Å². The van der Waals surface area contributed by atoms with Gasteiger partial charge in [0.1, 0.15) is 0 Å². The first kappa shape index (κ1) is 19.0. The summed E-state index contributed by atoms with van der Waals surface area (Å²) in [6, 6.07) is 16.0. The summed E-state index contributed by atoms with van der Waals surface area (Å²) in [5, 5.41) is 0. The quantitative estimate of drug-likeness (QED) is 0.438. The van der Waals surface area contributed by atoms with Crippen LogP contribution in [-0.4, -0.2) is 11.9 Å². The summed E-state index contributed by atoms with van der Waals surface area (Å²) in [7, 11) is 2.13. The van der Waals surface area contributed by atoms with Crippen LogP contribution in [-0.2, 0) is 6.42 Å². The molecular weight excluding hydrogens is 429 g/mol.